The zero-order valence-electron chi connectivity index (χ0n) is 11.3. The number of carbonyl (C=O) groups excluding carboxylic acids is 2. The Hall–Kier alpha value is -2.08. The van der Waals surface area contributed by atoms with Gasteiger partial charge in [0.2, 0.25) is 5.91 Å². The number of amides is 2. The molecule has 0 saturated heterocycles. The highest BCUT2D eigenvalue weighted by atomic mass is 16.2. The molecule has 0 aromatic heterocycles. The highest BCUT2D eigenvalue weighted by Crippen LogP contribution is 2.18. The zero-order chi connectivity index (χ0) is 14.4. The fourth-order valence-corrected chi connectivity index (χ4v) is 1.80. The Morgan fingerprint density at radius 2 is 1.90 bits per heavy atom. The number of nitrogens with one attached hydrogen (secondary N) is 3. The average Bonchev–Trinajstić information content (AvgIpc) is 3.27. The number of hydrogen-bond acceptors (Lipinski definition) is 4. The summed E-state index contributed by atoms with van der Waals surface area (Å²) in [6.45, 7) is 0.494. The van der Waals surface area contributed by atoms with E-state index in [0.29, 0.717) is 31.0 Å². The van der Waals surface area contributed by atoms with E-state index in [0.717, 1.165) is 18.5 Å². The number of nitrogens with two attached hydrogens (primary N) is 1. The number of anilines is 1. The van der Waals surface area contributed by atoms with Gasteiger partial charge in [0.1, 0.15) is 0 Å². The van der Waals surface area contributed by atoms with Crippen LogP contribution in [0.2, 0.25) is 0 Å². The van der Waals surface area contributed by atoms with Crippen LogP contribution in [0.4, 0.5) is 5.69 Å². The molecule has 0 heterocycles. The van der Waals surface area contributed by atoms with Gasteiger partial charge in [-0.1, -0.05) is 0 Å². The zero-order valence-corrected chi connectivity index (χ0v) is 11.3. The summed E-state index contributed by atoms with van der Waals surface area (Å²) in [5, 5.41) is 5.71. The molecule has 0 bridgehead atoms. The lowest BCUT2D eigenvalue weighted by atomic mass is 10.2. The molecule has 5 N–H and O–H groups in total. The first-order valence-corrected chi connectivity index (χ1v) is 6.83. The maximum atomic E-state index is 11.8. The van der Waals surface area contributed by atoms with Crippen molar-refractivity contribution in [2.45, 2.75) is 31.7 Å². The molecule has 0 unspecified atom stereocenters. The molecule has 108 valence electrons. The minimum atomic E-state index is -0.142. The van der Waals surface area contributed by atoms with Crippen molar-refractivity contribution in [1.82, 2.24) is 10.6 Å². The molecule has 0 radical (unpaired) electrons. The SMILES string of the molecule is NNc1ccc(C(=O)NCCCC(=O)NC2CC2)cc1. The van der Waals surface area contributed by atoms with Crippen molar-refractivity contribution in [3.8, 4) is 0 Å². The normalized spacial score (nSPS) is 13.7. The van der Waals surface area contributed by atoms with Crippen LogP contribution in [0.15, 0.2) is 24.3 Å². The molecule has 2 rings (SSSR count). The van der Waals surface area contributed by atoms with Gasteiger partial charge in [0.05, 0.1) is 0 Å². The first-order chi connectivity index (χ1) is 9.69. The molecule has 1 aliphatic carbocycles. The topological polar surface area (TPSA) is 96.2 Å². The molecule has 1 aliphatic rings. The van der Waals surface area contributed by atoms with E-state index >= 15 is 0 Å². The van der Waals surface area contributed by atoms with Gasteiger partial charge in [-0.25, -0.2) is 0 Å². The molecule has 2 amide bonds. The smallest absolute Gasteiger partial charge is 0.251 e. The highest BCUT2D eigenvalue weighted by Gasteiger charge is 2.22. The van der Waals surface area contributed by atoms with Crippen LogP contribution in [0.5, 0.6) is 0 Å². The van der Waals surface area contributed by atoms with E-state index in [4.69, 9.17) is 5.84 Å². The van der Waals surface area contributed by atoms with Crippen LogP contribution in [-0.4, -0.2) is 24.4 Å². The van der Waals surface area contributed by atoms with Crippen LogP contribution >= 0.6 is 0 Å². The Kier molecular flexibility index (Phi) is 4.95. The predicted molar refractivity (Wildman–Crippen MR) is 77.0 cm³/mol. The molecule has 1 aromatic carbocycles. The lowest BCUT2D eigenvalue weighted by molar-refractivity contribution is -0.121. The summed E-state index contributed by atoms with van der Waals surface area (Å²) < 4.78 is 0. The van der Waals surface area contributed by atoms with E-state index in [2.05, 4.69) is 16.1 Å². The molecule has 6 nitrogen and oxygen atoms in total. The number of nitrogen functional groups attached to an aromatic ring is 1. The van der Waals surface area contributed by atoms with Gasteiger partial charge in [-0.05, 0) is 43.5 Å². The van der Waals surface area contributed by atoms with E-state index in [1.807, 2.05) is 0 Å². The third-order valence-corrected chi connectivity index (χ3v) is 3.12. The summed E-state index contributed by atoms with van der Waals surface area (Å²) in [7, 11) is 0. The van der Waals surface area contributed by atoms with Crippen LogP contribution in [0.1, 0.15) is 36.0 Å². The summed E-state index contributed by atoms with van der Waals surface area (Å²) in [5.74, 6) is 5.18. The average molecular weight is 276 g/mol. The summed E-state index contributed by atoms with van der Waals surface area (Å²) in [6, 6.07) is 7.26. The molecular formula is C14H20N4O2. The van der Waals surface area contributed by atoms with Gasteiger partial charge in [-0.3, -0.25) is 15.4 Å². The monoisotopic (exact) mass is 276 g/mol. The lowest BCUT2D eigenvalue weighted by Gasteiger charge is -2.06. The van der Waals surface area contributed by atoms with Gasteiger partial charge in [0.25, 0.3) is 5.91 Å². The quantitative estimate of drug-likeness (QED) is 0.336. The van der Waals surface area contributed by atoms with E-state index in [1.54, 1.807) is 24.3 Å². The van der Waals surface area contributed by atoms with Crippen LogP contribution in [-0.2, 0) is 4.79 Å². The van der Waals surface area contributed by atoms with Crippen molar-refractivity contribution in [3.63, 3.8) is 0 Å². The number of carbonyl (C=O) groups is 2. The van der Waals surface area contributed by atoms with Gasteiger partial charge in [-0.2, -0.15) is 0 Å². The number of hydrazine groups is 1. The number of hydrogen-bond donors (Lipinski definition) is 4. The number of rotatable bonds is 7. The largest absolute Gasteiger partial charge is 0.353 e. The molecule has 1 fully saturated rings. The molecule has 20 heavy (non-hydrogen) atoms. The summed E-state index contributed by atoms with van der Waals surface area (Å²) in [6.07, 6.45) is 3.28. The van der Waals surface area contributed by atoms with E-state index in [9.17, 15) is 9.59 Å². The Bertz CT molecular complexity index is 469. The molecule has 6 heteroatoms. The highest BCUT2D eigenvalue weighted by molar-refractivity contribution is 5.94. The maximum Gasteiger partial charge on any atom is 0.251 e. The van der Waals surface area contributed by atoms with Crippen LogP contribution < -0.4 is 21.9 Å². The van der Waals surface area contributed by atoms with Crippen LogP contribution in [0.3, 0.4) is 0 Å². The molecule has 0 aliphatic heterocycles. The van der Waals surface area contributed by atoms with Crippen molar-refractivity contribution in [2.75, 3.05) is 12.0 Å². The Balaban J connectivity index is 1.64. The Labute approximate surface area is 118 Å². The van der Waals surface area contributed by atoms with Crippen molar-refractivity contribution >= 4 is 17.5 Å². The minimum Gasteiger partial charge on any atom is -0.353 e. The molecule has 1 aromatic rings. The third kappa shape index (κ3) is 4.55. The van der Waals surface area contributed by atoms with E-state index in [1.165, 1.54) is 0 Å². The minimum absolute atomic E-state index is 0.0696. The van der Waals surface area contributed by atoms with Crippen molar-refractivity contribution in [2.24, 2.45) is 5.84 Å². The molecule has 0 spiro atoms. The second-order valence-electron chi connectivity index (χ2n) is 4.92. The van der Waals surface area contributed by atoms with Gasteiger partial charge in [0.15, 0.2) is 0 Å². The first-order valence-electron chi connectivity index (χ1n) is 6.83. The van der Waals surface area contributed by atoms with Gasteiger partial charge >= 0.3 is 0 Å². The van der Waals surface area contributed by atoms with Gasteiger partial charge in [-0.15, -0.1) is 0 Å². The Morgan fingerprint density at radius 1 is 1.20 bits per heavy atom. The predicted octanol–water partition coefficient (Wildman–Crippen LogP) is 0.761. The summed E-state index contributed by atoms with van der Waals surface area (Å²) in [5.41, 5.74) is 3.83. The van der Waals surface area contributed by atoms with Crippen LogP contribution in [0.25, 0.3) is 0 Å². The van der Waals surface area contributed by atoms with Crippen molar-refractivity contribution < 1.29 is 9.59 Å². The van der Waals surface area contributed by atoms with Gasteiger partial charge < -0.3 is 16.1 Å². The van der Waals surface area contributed by atoms with Crippen LogP contribution in [0, 0.1) is 0 Å². The second kappa shape index (κ2) is 6.91. The molecule has 1 saturated carbocycles. The second-order valence-corrected chi connectivity index (χ2v) is 4.92. The van der Waals surface area contributed by atoms with E-state index < -0.39 is 0 Å². The van der Waals surface area contributed by atoms with Gasteiger partial charge in [0, 0.05) is 30.3 Å². The lowest BCUT2D eigenvalue weighted by Crippen LogP contribution is -2.28. The summed E-state index contributed by atoms with van der Waals surface area (Å²) in [4.78, 5) is 23.2. The fraction of sp³-hybridized carbons (Fsp3) is 0.429. The van der Waals surface area contributed by atoms with E-state index in [-0.39, 0.29) is 11.8 Å². The summed E-state index contributed by atoms with van der Waals surface area (Å²) >= 11 is 0. The number of benzene rings is 1. The molecule has 0 atom stereocenters. The maximum absolute atomic E-state index is 11.8. The van der Waals surface area contributed by atoms with Crippen molar-refractivity contribution in [3.05, 3.63) is 29.8 Å². The first kappa shape index (κ1) is 14.3. The Morgan fingerprint density at radius 3 is 2.50 bits per heavy atom. The third-order valence-electron chi connectivity index (χ3n) is 3.12. The fourth-order valence-electron chi connectivity index (χ4n) is 1.80. The van der Waals surface area contributed by atoms with Crippen molar-refractivity contribution in [1.29, 1.82) is 0 Å². The molecular weight excluding hydrogens is 256 g/mol. The standard InChI is InChI=1S/C14H20N4O2/c15-18-12-5-3-10(4-6-12)14(20)16-9-1-2-13(19)17-11-7-8-11/h3-6,11,18H,1-2,7-9,15H2,(H,16,20)(H,17,19).